The molecule has 0 atom stereocenters. The molecule has 4 aromatic rings. The van der Waals surface area contributed by atoms with Crippen molar-refractivity contribution in [3.8, 4) is 28.7 Å². The maximum atomic E-state index is 13.1. The van der Waals surface area contributed by atoms with Crippen LogP contribution in [0.1, 0.15) is 5.56 Å². The lowest BCUT2D eigenvalue weighted by atomic mass is 10.1. The van der Waals surface area contributed by atoms with Gasteiger partial charge in [0.25, 0.3) is 5.89 Å². The van der Waals surface area contributed by atoms with Crippen molar-refractivity contribution in [3.63, 3.8) is 0 Å². The molecule has 0 saturated carbocycles. The van der Waals surface area contributed by atoms with Gasteiger partial charge in [0.05, 0.1) is 18.2 Å². The highest BCUT2D eigenvalue weighted by molar-refractivity contribution is 5.85. The molecule has 6 heteroatoms. The Morgan fingerprint density at radius 3 is 2.56 bits per heavy atom. The van der Waals surface area contributed by atoms with Crippen LogP contribution in [0.5, 0.6) is 5.88 Å². The van der Waals surface area contributed by atoms with Crippen molar-refractivity contribution in [3.05, 3.63) is 59.9 Å². The molecule has 25 heavy (non-hydrogen) atoms. The topological polar surface area (TPSA) is 61.0 Å². The summed E-state index contributed by atoms with van der Waals surface area (Å²) in [5, 5.41) is 4.99. The fraction of sp³-hybridized carbons (Fsp3) is 0.105. The maximum Gasteiger partial charge on any atom is 0.258 e. The Morgan fingerprint density at radius 1 is 1.00 bits per heavy atom. The molecule has 124 valence electrons. The predicted octanol–water partition coefficient (Wildman–Crippen LogP) is 4.41. The van der Waals surface area contributed by atoms with Gasteiger partial charge in [0.2, 0.25) is 11.7 Å². The van der Waals surface area contributed by atoms with Gasteiger partial charge >= 0.3 is 0 Å². The van der Waals surface area contributed by atoms with Crippen LogP contribution in [0.25, 0.3) is 33.7 Å². The number of nitrogens with zero attached hydrogens (tertiary/aromatic N) is 3. The summed E-state index contributed by atoms with van der Waals surface area (Å²) in [6, 6.07) is 13.8. The summed E-state index contributed by atoms with van der Waals surface area (Å²) in [6.07, 6.45) is 0. The van der Waals surface area contributed by atoms with Gasteiger partial charge in [0, 0.05) is 10.9 Å². The summed E-state index contributed by atoms with van der Waals surface area (Å²) in [6.45, 7) is 2.02. The van der Waals surface area contributed by atoms with E-state index in [1.54, 1.807) is 19.2 Å². The molecule has 0 aliphatic carbocycles. The number of hydrogen-bond acceptors (Lipinski definition) is 5. The van der Waals surface area contributed by atoms with Crippen molar-refractivity contribution in [2.75, 3.05) is 7.11 Å². The smallest absolute Gasteiger partial charge is 0.258 e. The molecule has 2 aromatic carbocycles. The number of aromatic nitrogens is 3. The SMILES string of the molecule is COc1nc2ccc(C)cc2cc1-c1noc(-c2ccc(F)cc2)n1. The summed E-state index contributed by atoms with van der Waals surface area (Å²) in [5.41, 5.74) is 3.24. The fourth-order valence-corrected chi connectivity index (χ4v) is 2.64. The van der Waals surface area contributed by atoms with Gasteiger partial charge in [0.15, 0.2) is 0 Å². The van der Waals surface area contributed by atoms with Gasteiger partial charge in [-0.25, -0.2) is 9.37 Å². The molecule has 0 radical (unpaired) electrons. The molecule has 0 aliphatic rings. The molecule has 0 spiro atoms. The number of benzene rings is 2. The van der Waals surface area contributed by atoms with Crippen LogP contribution in [-0.2, 0) is 0 Å². The molecular formula is C19H14FN3O2. The Morgan fingerprint density at radius 2 is 1.80 bits per heavy atom. The Bertz CT molecular complexity index is 1060. The van der Waals surface area contributed by atoms with Crippen LogP contribution in [0.15, 0.2) is 53.1 Å². The van der Waals surface area contributed by atoms with Gasteiger partial charge in [-0.2, -0.15) is 4.98 Å². The van der Waals surface area contributed by atoms with E-state index < -0.39 is 0 Å². The second-order valence-electron chi connectivity index (χ2n) is 5.67. The first-order chi connectivity index (χ1) is 12.1. The summed E-state index contributed by atoms with van der Waals surface area (Å²) in [5.74, 6) is 0.774. The van der Waals surface area contributed by atoms with Crippen LogP contribution in [0, 0.1) is 12.7 Å². The van der Waals surface area contributed by atoms with Gasteiger partial charge in [0.1, 0.15) is 5.82 Å². The van der Waals surface area contributed by atoms with E-state index in [0.29, 0.717) is 28.7 Å². The third-order valence-electron chi connectivity index (χ3n) is 3.89. The molecule has 0 bridgehead atoms. The zero-order valence-electron chi connectivity index (χ0n) is 13.7. The lowest BCUT2D eigenvalue weighted by Gasteiger charge is -2.07. The predicted molar refractivity (Wildman–Crippen MR) is 91.7 cm³/mol. The lowest BCUT2D eigenvalue weighted by Crippen LogP contribution is -1.94. The third kappa shape index (κ3) is 2.82. The van der Waals surface area contributed by atoms with Gasteiger partial charge < -0.3 is 9.26 Å². The Balaban J connectivity index is 1.82. The largest absolute Gasteiger partial charge is 0.480 e. The van der Waals surface area contributed by atoms with Crippen molar-refractivity contribution in [2.24, 2.45) is 0 Å². The van der Waals surface area contributed by atoms with Gasteiger partial charge in [-0.1, -0.05) is 16.8 Å². The van der Waals surface area contributed by atoms with E-state index >= 15 is 0 Å². The highest BCUT2D eigenvalue weighted by Crippen LogP contribution is 2.31. The fourth-order valence-electron chi connectivity index (χ4n) is 2.64. The number of halogens is 1. The zero-order chi connectivity index (χ0) is 17.4. The van der Waals surface area contributed by atoms with Gasteiger partial charge in [-0.05, 0) is 49.4 Å². The minimum Gasteiger partial charge on any atom is -0.480 e. The Kier molecular flexibility index (Phi) is 3.65. The van der Waals surface area contributed by atoms with Crippen molar-refractivity contribution in [1.29, 1.82) is 0 Å². The van der Waals surface area contributed by atoms with E-state index in [1.165, 1.54) is 12.1 Å². The van der Waals surface area contributed by atoms with Crippen LogP contribution in [0.3, 0.4) is 0 Å². The first-order valence-electron chi connectivity index (χ1n) is 7.69. The second-order valence-corrected chi connectivity index (χ2v) is 5.67. The zero-order valence-corrected chi connectivity index (χ0v) is 13.7. The first-order valence-corrected chi connectivity index (χ1v) is 7.69. The molecule has 0 aliphatic heterocycles. The first kappa shape index (κ1) is 15.3. The summed E-state index contributed by atoms with van der Waals surface area (Å²) < 4.78 is 23.8. The van der Waals surface area contributed by atoms with Crippen molar-refractivity contribution in [2.45, 2.75) is 6.92 Å². The molecule has 2 aromatic heterocycles. The molecule has 0 N–H and O–H groups in total. The highest BCUT2D eigenvalue weighted by Gasteiger charge is 2.17. The normalized spacial score (nSPS) is 11.0. The Hall–Kier alpha value is -3.28. The molecule has 0 unspecified atom stereocenters. The van der Waals surface area contributed by atoms with E-state index in [4.69, 9.17) is 9.26 Å². The number of methoxy groups -OCH3 is 1. The monoisotopic (exact) mass is 335 g/mol. The van der Waals surface area contributed by atoms with E-state index in [0.717, 1.165) is 16.5 Å². The third-order valence-corrected chi connectivity index (χ3v) is 3.89. The van der Waals surface area contributed by atoms with E-state index in [2.05, 4.69) is 15.1 Å². The molecule has 0 saturated heterocycles. The summed E-state index contributed by atoms with van der Waals surface area (Å²) in [4.78, 5) is 8.91. The minimum atomic E-state index is -0.320. The number of pyridine rings is 1. The number of fused-ring (bicyclic) bond motifs is 1. The lowest BCUT2D eigenvalue weighted by molar-refractivity contribution is 0.399. The van der Waals surface area contributed by atoms with Crippen LogP contribution >= 0.6 is 0 Å². The van der Waals surface area contributed by atoms with Gasteiger partial charge in [-0.3, -0.25) is 0 Å². The molecule has 0 fully saturated rings. The number of hydrogen-bond donors (Lipinski definition) is 0. The molecule has 0 amide bonds. The van der Waals surface area contributed by atoms with E-state index in [1.807, 2.05) is 31.2 Å². The maximum absolute atomic E-state index is 13.1. The second kappa shape index (κ2) is 5.98. The minimum absolute atomic E-state index is 0.307. The quantitative estimate of drug-likeness (QED) is 0.555. The molecule has 2 heterocycles. The van der Waals surface area contributed by atoms with Crippen molar-refractivity contribution < 1.29 is 13.7 Å². The molecular weight excluding hydrogens is 321 g/mol. The number of aryl methyl sites for hydroxylation is 1. The average molecular weight is 335 g/mol. The number of rotatable bonds is 3. The van der Waals surface area contributed by atoms with Crippen LogP contribution < -0.4 is 4.74 Å². The van der Waals surface area contributed by atoms with Crippen LogP contribution in [-0.4, -0.2) is 22.2 Å². The van der Waals surface area contributed by atoms with E-state index in [9.17, 15) is 4.39 Å². The van der Waals surface area contributed by atoms with Crippen molar-refractivity contribution in [1.82, 2.24) is 15.1 Å². The average Bonchev–Trinajstić information content (AvgIpc) is 3.11. The molecule has 4 rings (SSSR count). The summed E-state index contributed by atoms with van der Waals surface area (Å²) in [7, 11) is 1.55. The van der Waals surface area contributed by atoms with Crippen molar-refractivity contribution >= 4 is 10.9 Å². The van der Waals surface area contributed by atoms with Gasteiger partial charge in [-0.15, -0.1) is 0 Å². The number of ether oxygens (including phenoxy) is 1. The van der Waals surface area contributed by atoms with Crippen LogP contribution in [0.4, 0.5) is 4.39 Å². The standard InChI is InChI=1S/C19H14FN3O2/c1-11-3-8-16-13(9-11)10-15(19(21-16)24-2)17-22-18(25-23-17)12-4-6-14(20)7-5-12/h3-10H,1-2H3. The summed E-state index contributed by atoms with van der Waals surface area (Å²) >= 11 is 0. The molecule has 5 nitrogen and oxygen atoms in total. The highest BCUT2D eigenvalue weighted by atomic mass is 19.1. The Labute approximate surface area is 143 Å². The van der Waals surface area contributed by atoms with Crippen LogP contribution in [0.2, 0.25) is 0 Å². The van der Waals surface area contributed by atoms with E-state index in [-0.39, 0.29) is 5.82 Å².